The number of methoxy groups -OCH3 is 1. The number of hydrogen-bond donors (Lipinski definition) is 1. The van der Waals surface area contributed by atoms with Crippen LogP contribution in [-0.4, -0.2) is 36.5 Å². The van der Waals surface area contributed by atoms with E-state index in [1.807, 2.05) is 24.3 Å². The summed E-state index contributed by atoms with van der Waals surface area (Å²) in [7, 11) is 1.60. The number of esters is 1. The highest BCUT2D eigenvalue weighted by Crippen LogP contribution is 2.30. The molecule has 8 heteroatoms. The Balaban J connectivity index is 1.91. The maximum Gasteiger partial charge on any atom is 0.341 e. The van der Waals surface area contributed by atoms with Crippen LogP contribution in [0.3, 0.4) is 0 Å². The summed E-state index contributed by atoms with van der Waals surface area (Å²) in [5, 5.41) is 11.2. The van der Waals surface area contributed by atoms with Crippen molar-refractivity contribution in [3.8, 4) is 5.75 Å². The SMILES string of the molecule is C=C[C@](C)(O)[C@@H](CCCOC(=O)c1c(Cl)cc(Cl)cc1Cl)OCc1ccc(OC)cc1. The van der Waals surface area contributed by atoms with Crippen molar-refractivity contribution in [1.82, 2.24) is 0 Å². The predicted molar refractivity (Wildman–Crippen MR) is 123 cm³/mol. The minimum Gasteiger partial charge on any atom is -0.497 e. The van der Waals surface area contributed by atoms with Gasteiger partial charge in [0.05, 0.1) is 42.0 Å². The van der Waals surface area contributed by atoms with Crippen LogP contribution >= 0.6 is 34.8 Å². The summed E-state index contributed by atoms with van der Waals surface area (Å²) in [6, 6.07) is 10.3. The molecule has 5 nitrogen and oxygen atoms in total. The highest BCUT2D eigenvalue weighted by Gasteiger charge is 2.29. The number of benzene rings is 2. The largest absolute Gasteiger partial charge is 0.497 e. The van der Waals surface area contributed by atoms with Crippen LogP contribution in [0.25, 0.3) is 0 Å². The van der Waals surface area contributed by atoms with Crippen LogP contribution < -0.4 is 4.74 Å². The van der Waals surface area contributed by atoms with Crippen LogP contribution in [-0.2, 0) is 16.1 Å². The molecule has 0 saturated carbocycles. The van der Waals surface area contributed by atoms with Crippen LogP contribution in [0.1, 0.15) is 35.7 Å². The number of carbonyl (C=O) groups excluding carboxylic acids is 1. The first kappa shape index (κ1) is 25.5. The van der Waals surface area contributed by atoms with E-state index in [-0.39, 0.29) is 22.2 Å². The Hall–Kier alpha value is -1.76. The minimum absolute atomic E-state index is 0.0677. The molecule has 0 aliphatic rings. The summed E-state index contributed by atoms with van der Waals surface area (Å²) in [4.78, 5) is 12.3. The molecular formula is C23H25Cl3O5. The van der Waals surface area contributed by atoms with Gasteiger partial charge in [0.25, 0.3) is 0 Å². The van der Waals surface area contributed by atoms with Crippen molar-refractivity contribution >= 4 is 40.8 Å². The van der Waals surface area contributed by atoms with E-state index in [0.29, 0.717) is 24.5 Å². The fourth-order valence-corrected chi connectivity index (χ4v) is 3.81. The molecule has 0 unspecified atom stereocenters. The maximum atomic E-state index is 12.3. The van der Waals surface area contributed by atoms with Gasteiger partial charge in [0.1, 0.15) is 11.4 Å². The van der Waals surface area contributed by atoms with E-state index in [9.17, 15) is 9.90 Å². The van der Waals surface area contributed by atoms with Crippen LogP contribution in [0.5, 0.6) is 5.75 Å². The Kier molecular flexibility index (Phi) is 9.66. The molecule has 0 spiro atoms. The van der Waals surface area contributed by atoms with Gasteiger partial charge in [-0.25, -0.2) is 4.79 Å². The summed E-state index contributed by atoms with van der Waals surface area (Å²) in [6.07, 6.45) is 1.77. The van der Waals surface area contributed by atoms with Crippen molar-refractivity contribution in [2.24, 2.45) is 0 Å². The average Bonchev–Trinajstić information content (AvgIpc) is 2.72. The molecule has 0 aliphatic carbocycles. The van der Waals surface area contributed by atoms with E-state index in [2.05, 4.69) is 6.58 Å². The Morgan fingerprint density at radius 1 is 1.19 bits per heavy atom. The quantitative estimate of drug-likeness (QED) is 0.235. The number of aliphatic hydroxyl groups is 1. The fraction of sp³-hybridized carbons (Fsp3) is 0.348. The summed E-state index contributed by atoms with van der Waals surface area (Å²) in [5.41, 5.74) is -0.249. The zero-order chi connectivity index (χ0) is 23.0. The summed E-state index contributed by atoms with van der Waals surface area (Å²) >= 11 is 18.0. The van der Waals surface area contributed by atoms with Gasteiger partial charge in [-0.05, 0) is 49.6 Å². The Morgan fingerprint density at radius 3 is 2.35 bits per heavy atom. The van der Waals surface area contributed by atoms with E-state index >= 15 is 0 Å². The third kappa shape index (κ3) is 7.41. The molecule has 0 amide bonds. The van der Waals surface area contributed by atoms with Crippen molar-refractivity contribution < 1.29 is 24.1 Å². The van der Waals surface area contributed by atoms with Gasteiger partial charge in [-0.15, -0.1) is 6.58 Å². The van der Waals surface area contributed by atoms with Crippen LogP contribution in [0.2, 0.25) is 15.1 Å². The first-order valence-corrected chi connectivity index (χ1v) is 10.7. The van der Waals surface area contributed by atoms with E-state index in [0.717, 1.165) is 11.3 Å². The Morgan fingerprint density at radius 2 is 1.81 bits per heavy atom. The molecule has 168 valence electrons. The van der Waals surface area contributed by atoms with Gasteiger partial charge in [-0.3, -0.25) is 0 Å². The smallest absolute Gasteiger partial charge is 0.341 e. The monoisotopic (exact) mass is 486 g/mol. The van der Waals surface area contributed by atoms with Crippen molar-refractivity contribution in [2.45, 2.75) is 38.1 Å². The standard InChI is InChI=1S/C23H25Cl3O5/c1-4-23(2,28)20(31-14-15-7-9-17(29-3)10-8-15)6-5-11-30-22(27)21-18(25)12-16(24)13-19(21)26/h4,7-10,12-13,20,28H,1,5-6,11,14H2,2-3H3/t20-,23+/m1/s1. The van der Waals surface area contributed by atoms with E-state index < -0.39 is 17.7 Å². The second kappa shape index (κ2) is 11.7. The highest BCUT2D eigenvalue weighted by atomic mass is 35.5. The molecule has 0 bridgehead atoms. The zero-order valence-electron chi connectivity index (χ0n) is 17.4. The Labute approximate surface area is 197 Å². The molecule has 0 fully saturated rings. The topological polar surface area (TPSA) is 65.0 Å². The van der Waals surface area contributed by atoms with Gasteiger partial charge in [-0.2, -0.15) is 0 Å². The molecule has 2 aromatic rings. The van der Waals surface area contributed by atoms with Crippen molar-refractivity contribution in [1.29, 1.82) is 0 Å². The lowest BCUT2D eigenvalue weighted by Gasteiger charge is -2.30. The first-order chi connectivity index (χ1) is 14.7. The van der Waals surface area contributed by atoms with E-state index in [1.165, 1.54) is 18.2 Å². The van der Waals surface area contributed by atoms with Crippen LogP contribution in [0.4, 0.5) is 0 Å². The minimum atomic E-state index is -1.25. The molecule has 0 aliphatic heterocycles. The van der Waals surface area contributed by atoms with E-state index in [4.69, 9.17) is 49.0 Å². The number of halogens is 3. The van der Waals surface area contributed by atoms with Gasteiger partial charge in [0.15, 0.2) is 0 Å². The lowest BCUT2D eigenvalue weighted by molar-refractivity contribution is -0.0841. The van der Waals surface area contributed by atoms with Crippen LogP contribution in [0.15, 0.2) is 49.1 Å². The van der Waals surface area contributed by atoms with Crippen molar-refractivity contribution in [3.05, 3.63) is 75.2 Å². The number of rotatable bonds is 11. The van der Waals surface area contributed by atoms with Gasteiger partial charge in [0, 0.05) is 5.02 Å². The van der Waals surface area contributed by atoms with Crippen molar-refractivity contribution in [3.63, 3.8) is 0 Å². The second-order valence-corrected chi connectivity index (χ2v) is 8.35. The molecule has 0 saturated heterocycles. The lowest BCUT2D eigenvalue weighted by atomic mass is 9.95. The molecule has 2 aromatic carbocycles. The lowest BCUT2D eigenvalue weighted by Crippen LogP contribution is -2.39. The summed E-state index contributed by atoms with van der Waals surface area (Å²) in [6.45, 7) is 5.71. The average molecular weight is 488 g/mol. The first-order valence-electron chi connectivity index (χ1n) is 9.60. The molecule has 0 radical (unpaired) electrons. The van der Waals surface area contributed by atoms with Gasteiger partial charge in [0.2, 0.25) is 0 Å². The second-order valence-electron chi connectivity index (χ2n) is 7.10. The number of carbonyl (C=O) groups is 1. The summed E-state index contributed by atoms with van der Waals surface area (Å²) < 4.78 is 16.4. The third-order valence-corrected chi connectivity index (χ3v) is 5.54. The molecule has 1 N–H and O–H groups in total. The molecule has 0 heterocycles. The zero-order valence-corrected chi connectivity index (χ0v) is 19.6. The third-order valence-electron chi connectivity index (χ3n) is 4.73. The van der Waals surface area contributed by atoms with Gasteiger partial charge in [-0.1, -0.05) is 53.0 Å². The van der Waals surface area contributed by atoms with Gasteiger partial charge < -0.3 is 19.3 Å². The number of ether oxygens (including phenoxy) is 3. The molecular weight excluding hydrogens is 463 g/mol. The molecule has 31 heavy (non-hydrogen) atoms. The molecule has 2 atom stereocenters. The maximum absolute atomic E-state index is 12.3. The molecule has 0 aromatic heterocycles. The number of hydrogen-bond acceptors (Lipinski definition) is 5. The normalized spacial score (nSPS) is 13.9. The summed E-state index contributed by atoms with van der Waals surface area (Å²) in [5.74, 6) is 0.110. The van der Waals surface area contributed by atoms with Crippen molar-refractivity contribution in [2.75, 3.05) is 13.7 Å². The van der Waals surface area contributed by atoms with E-state index in [1.54, 1.807) is 14.0 Å². The molecule has 2 rings (SSSR count). The van der Waals surface area contributed by atoms with Crippen LogP contribution in [0, 0.1) is 0 Å². The Bertz CT molecular complexity index is 874. The fourth-order valence-electron chi connectivity index (χ4n) is 2.84. The predicted octanol–water partition coefficient (Wildman–Crippen LogP) is 6.11. The van der Waals surface area contributed by atoms with Gasteiger partial charge >= 0.3 is 5.97 Å². The highest BCUT2D eigenvalue weighted by molar-refractivity contribution is 6.41.